The molecule has 1 aromatic carbocycles. The Kier molecular flexibility index (Phi) is 10.8. The Balaban J connectivity index is 1.48. The summed E-state index contributed by atoms with van der Waals surface area (Å²) >= 11 is 0. The molecule has 0 radical (unpaired) electrons. The first-order chi connectivity index (χ1) is 16.9. The maximum Gasteiger partial charge on any atom is 0.317 e. The molecule has 9 heteroatoms. The van der Waals surface area contributed by atoms with Gasteiger partial charge in [-0.25, -0.2) is 9.18 Å². The molecule has 1 saturated heterocycles. The van der Waals surface area contributed by atoms with E-state index in [1.165, 1.54) is 18.6 Å². The summed E-state index contributed by atoms with van der Waals surface area (Å²) in [4.78, 5) is 42.8. The van der Waals surface area contributed by atoms with Gasteiger partial charge < -0.3 is 19.9 Å². The topological polar surface area (TPSA) is 82.2 Å². The molecule has 1 aliphatic carbocycles. The Morgan fingerprint density at radius 3 is 2.37 bits per heavy atom. The highest BCUT2D eigenvalue weighted by Crippen LogP contribution is 2.18. The lowest BCUT2D eigenvalue weighted by molar-refractivity contribution is -0.146. The first-order valence-corrected chi connectivity index (χ1v) is 12.9. The van der Waals surface area contributed by atoms with Gasteiger partial charge in [0, 0.05) is 58.3 Å². The van der Waals surface area contributed by atoms with Gasteiger partial charge in [-0.2, -0.15) is 0 Å². The summed E-state index contributed by atoms with van der Waals surface area (Å²) in [6.45, 7) is 6.39. The standard InChI is InChI=1S/C26H39FN4O4/c1-2-35-25(33)13-12-24(32)30-17-14-29(15-18-30)16-19-31(20-21-8-10-22(27)11-9-21)26(34)28-23-6-4-3-5-7-23/h8-11,23H,2-7,12-20H2,1H3,(H,28,34). The van der Waals surface area contributed by atoms with Gasteiger partial charge in [0.05, 0.1) is 13.0 Å². The zero-order valence-electron chi connectivity index (χ0n) is 20.8. The molecule has 35 heavy (non-hydrogen) atoms. The van der Waals surface area contributed by atoms with Gasteiger partial charge >= 0.3 is 12.0 Å². The number of carbonyl (C=O) groups excluding carboxylic acids is 3. The highest BCUT2D eigenvalue weighted by Gasteiger charge is 2.24. The molecule has 8 nitrogen and oxygen atoms in total. The van der Waals surface area contributed by atoms with Crippen LogP contribution in [-0.4, -0.2) is 84.5 Å². The fourth-order valence-electron chi connectivity index (χ4n) is 4.66. The summed E-state index contributed by atoms with van der Waals surface area (Å²) in [6, 6.07) is 6.42. The van der Waals surface area contributed by atoms with Gasteiger partial charge in [0.1, 0.15) is 5.82 Å². The average Bonchev–Trinajstić information content (AvgIpc) is 2.87. The van der Waals surface area contributed by atoms with Crippen LogP contribution in [0.2, 0.25) is 0 Å². The minimum atomic E-state index is -0.341. The van der Waals surface area contributed by atoms with Crippen molar-refractivity contribution in [2.45, 2.75) is 64.5 Å². The molecule has 1 heterocycles. The lowest BCUT2D eigenvalue weighted by Crippen LogP contribution is -2.52. The van der Waals surface area contributed by atoms with Crippen LogP contribution in [0.3, 0.4) is 0 Å². The van der Waals surface area contributed by atoms with Gasteiger partial charge in [0.25, 0.3) is 0 Å². The van der Waals surface area contributed by atoms with Crippen molar-refractivity contribution in [3.63, 3.8) is 0 Å². The van der Waals surface area contributed by atoms with Crippen LogP contribution in [0.4, 0.5) is 9.18 Å². The minimum absolute atomic E-state index is 0.0255. The van der Waals surface area contributed by atoms with E-state index in [0.29, 0.717) is 39.3 Å². The minimum Gasteiger partial charge on any atom is -0.466 e. The van der Waals surface area contributed by atoms with E-state index < -0.39 is 0 Å². The zero-order chi connectivity index (χ0) is 25.0. The van der Waals surface area contributed by atoms with Crippen molar-refractivity contribution < 1.29 is 23.5 Å². The molecule has 1 N–H and O–H groups in total. The van der Waals surface area contributed by atoms with Crippen LogP contribution in [0.25, 0.3) is 0 Å². The molecule has 1 saturated carbocycles. The molecule has 0 bridgehead atoms. The summed E-state index contributed by atoms with van der Waals surface area (Å²) in [5.74, 6) is -0.656. The Bertz CT molecular complexity index is 821. The van der Waals surface area contributed by atoms with Crippen molar-refractivity contribution in [2.75, 3.05) is 45.9 Å². The van der Waals surface area contributed by atoms with Gasteiger partial charge in [-0.05, 0) is 37.5 Å². The molecule has 3 rings (SSSR count). The molecule has 0 atom stereocenters. The van der Waals surface area contributed by atoms with E-state index in [0.717, 1.165) is 44.3 Å². The zero-order valence-corrected chi connectivity index (χ0v) is 20.8. The van der Waals surface area contributed by atoms with E-state index >= 15 is 0 Å². The second-order valence-electron chi connectivity index (χ2n) is 9.36. The number of amides is 3. The predicted octanol–water partition coefficient (Wildman–Crippen LogP) is 3.16. The number of nitrogens with one attached hydrogen (secondary N) is 1. The largest absolute Gasteiger partial charge is 0.466 e. The number of nitrogens with zero attached hydrogens (tertiary/aromatic N) is 3. The lowest BCUT2D eigenvalue weighted by Gasteiger charge is -2.36. The molecule has 194 valence electrons. The smallest absolute Gasteiger partial charge is 0.317 e. The van der Waals surface area contributed by atoms with Crippen LogP contribution in [0.15, 0.2) is 24.3 Å². The van der Waals surface area contributed by atoms with E-state index in [9.17, 15) is 18.8 Å². The Morgan fingerprint density at radius 2 is 1.71 bits per heavy atom. The van der Waals surface area contributed by atoms with E-state index in [4.69, 9.17) is 4.74 Å². The van der Waals surface area contributed by atoms with Crippen LogP contribution in [-0.2, 0) is 20.9 Å². The molecule has 1 aromatic rings. The number of rotatable bonds is 10. The molecule has 0 spiro atoms. The van der Waals surface area contributed by atoms with Crippen LogP contribution >= 0.6 is 0 Å². The lowest BCUT2D eigenvalue weighted by atomic mass is 9.96. The summed E-state index contributed by atoms with van der Waals surface area (Å²) in [5.41, 5.74) is 0.891. The summed E-state index contributed by atoms with van der Waals surface area (Å²) in [5, 5.41) is 3.20. The van der Waals surface area contributed by atoms with Gasteiger partial charge in [0.2, 0.25) is 5.91 Å². The highest BCUT2D eigenvalue weighted by molar-refractivity contribution is 5.81. The van der Waals surface area contributed by atoms with Crippen LogP contribution in [0.1, 0.15) is 57.4 Å². The first-order valence-electron chi connectivity index (χ1n) is 12.9. The Labute approximate surface area is 207 Å². The number of esters is 1. The SMILES string of the molecule is CCOC(=O)CCC(=O)N1CCN(CCN(Cc2ccc(F)cc2)C(=O)NC2CCCCC2)CC1. The number of halogens is 1. The number of hydrogen-bond acceptors (Lipinski definition) is 5. The molecule has 2 aliphatic rings. The molecule has 3 amide bonds. The van der Waals surface area contributed by atoms with Crippen molar-refractivity contribution in [2.24, 2.45) is 0 Å². The maximum atomic E-state index is 13.3. The van der Waals surface area contributed by atoms with Gasteiger partial charge in [0.15, 0.2) is 0 Å². The second kappa shape index (κ2) is 14.0. The number of benzene rings is 1. The van der Waals surface area contributed by atoms with E-state index in [1.54, 1.807) is 28.9 Å². The van der Waals surface area contributed by atoms with Crippen molar-refractivity contribution in [3.05, 3.63) is 35.6 Å². The average molecular weight is 491 g/mol. The fraction of sp³-hybridized carbons (Fsp3) is 0.654. The number of piperazine rings is 1. The summed E-state index contributed by atoms with van der Waals surface area (Å²) in [7, 11) is 0. The quantitative estimate of drug-likeness (QED) is 0.510. The normalized spacial score (nSPS) is 17.1. The van der Waals surface area contributed by atoms with Crippen molar-refractivity contribution in [1.82, 2.24) is 20.0 Å². The third kappa shape index (κ3) is 9.12. The molecular weight excluding hydrogens is 451 g/mol. The maximum absolute atomic E-state index is 13.3. The van der Waals surface area contributed by atoms with E-state index in [2.05, 4.69) is 10.2 Å². The van der Waals surface area contributed by atoms with Gasteiger partial charge in [-0.15, -0.1) is 0 Å². The molecule has 1 aliphatic heterocycles. The third-order valence-corrected chi connectivity index (χ3v) is 6.77. The Morgan fingerprint density at radius 1 is 1.03 bits per heavy atom. The van der Waals surface area contributed by atoms with E-state index in [1.807, 2.05) is 0 Å². The van der Waals surface area contributed by atoms with Gasteiger partial charge in [-0.3, -0.25) is 14.5 Å². The molecular formula is C26H39FN4O4. The number of carbonyl (C=O) groups is 3. The second-order valence-corrected chi connectivity index (χ2v) is 9.36. The van der Waals surface area contributed by atoms with Crippen molar-refractivity contribution >= 4 is 17.9 Å². The van der Waals surface area contributed by atoms with Crippen molar-refractivity contribution in [1.29, 1.82) is 0 Å². The molecule has 0 unspecified atom stereocenters. The van der Waals surface area contributed by atoms with Crippen molar-refractivity contribution in [3.8, 4) is 0 Å². The summed E-state index contributed by atoms with van der Waals surface area (Å²) in [6.07, 6.45) is 5.83. The predicted molar refractivity (Wildman–Crippen MR) is 131 cm³/mol. The highest BCUT2D eigenvalue weighted by atomic mass is 19.1. The van der Waals surface area contributed by atoms with E-state index in [-0.39, 0.29) is 42.6 Å². The van der Waals surface area contributed by atoms with Crippen LogP contribution in [0.5, 0.6) is 0 Å². The molecule has 0 aromatic heterocycles. The number of urea groups is 1. The molecule has 2 fully saturated rings. The first kappa shape index (κ1) is 26.9. The van der Waals surface area contributed by atoms with Gasteiger partial charge in [-0.1, -0.05) is 31.4 Å². The summed E-state index contributed by atoms with van der Waals surface area (Å²) < 4.78 is 18.2. The van der Waals surface area contributed by atoms with Crippen LogP contribution in [0, 0.1) is 5.82 Å². The number of ether oxygens (including phenoxy) is 1. The van der Waals surface area contributed by atoms with Crippen LogP contribution < -0.4 is 5.32 Å². The Hall–Kier alpha value is -2.68. The monoisotopic (exact) mass is 490 g/mol. The third-order valence-electron chi connectivity index (χ3n) is 6.77. The number of hydrogen-bond donors (Lipinski definition) is 1. The fourth-order valence-corrected chi connectivity index (χ4v) is 4.66.